The number of hydrogen-bond acceptors (Lipinski definition) is 5. The molecule has 0 N–H and O–H groups in total. The van der Waals surface area contributed by atoms with Gasteiger partial charge in [-0.15, -0.1) is 35.4 Å². The van der Waals surface area contributed by atoms with Crippen LogP contribution in [0.15, 0.2) is 96.1 Å². The first kappa shape index (κ1) is 39.5. The van der Waals surface area contributed by atoms with Crippen molar-refractivity contribution >= 4 is 28.7 Å². The molecule has 4 aliphatic rings. The summed E-state index contributed by atoms with van der Waals surface area (Å²) in [7, 11) is 0. The van der Waals surface area contributed by atoms with E-state index in [0.29, 0.717) is 11.5 Å². The summed E-state index contributed by atoms with van der Waals surface area (Å²) in [6.07, 6.45) is 3.57. The van der Waals surface area contributed by atoms with Gasteiger partial charge in [0.15, 0.2) is 0 Å². The molecule has 0 spiro atoms. The third kappa shape index (κ3) is 5.74. The fraction of sp³-hybridized carbons (Fsp3) is 0.321. The number of pyridine rings is 1. The maximum absolute atomic E-state index is 6.95. The Kier molecular flexibility index (Phi) is 8.87. The first-order valence-electron chi connectivity index (χ1n) is 20.8. The van der Waals surface area contributed by atoms with E-state index in [9.17, 15) is 0 Å². The monoisotopic (exact) mass is 955 g/mol. The maximum atomic E-state index is 6.95. The second-order valence-corrected chi connectivity index (χ2v) is 19.2. The molecule has 0 amide bonds. The van der Waals surface area contributed by atoms with Crippen LogP contribution in [0.5, 0.6) is 11.5 Å². The molecule has 300 valence electrons. The van der Waals surface area contributed by atoms with Gasteiger partial charge in [0, 0.05) is 40.0 Å². The molecule has 0 saturated carbocycles. The van der Waals surface area contributed by atoms with Crippen LogP contribution < -0.4 is 14.5 Å². The van der Waals surface area contributed by atoms with Gasteiger partial charge in [0.2, 0.25) is 0 Å². The van der Waals surface area contributed by atoms with Crippen LogP contribution in [0.4, 0.5) is 22.9 Å². The largest absolute Gasteiger partial charge is 2.00 e. The zero-order valence-corrected chi connectivity index (χ0v) is 38.4. The third-order valence-corrected chi connectivity index (χ3v) is 13.7. The van der Waals surface area contributed by atoms with E-state index >= 15 is 0 Å². The number of anilines is 4. The van der Waals surface area contributed by atoms with E-state index in [2.05, 4.69) is 177 Å². The van der Waals surface area contributed by atoms with E-state index in [1.54, 1.807) is 0 Å². The van der Waals surface area contributed by atoms with E-state index < -0.39 is 0 Å². The Hall–Kier alpha value is -4.99. The van der Waals surface area contributed by atoms with Gasteiger partial charge in [0.05, 0.1) is 16.9 Å². The predicted octanol–water partition coefficient (Wildman–Crippen LogP) is 12.5. The van der Waals surface area contributed by atoms with Crippen LogP contribution in [-0.4, -0.2) is 16.4 Å². The second kappa shape index (κ2) is 13.3. The van der Waals surface area contributed by atoms with Crippen molar-refractivity contribution in [3.63, 3.8) is 0 Å². The molecule has 6 aromatic rings. The number of nitrogens with zero attached hydrogens (tertiary/aromatic N) is 4. The minimum atomic E-state index is -0.369. The van der Waals surface area contributed by atoms with Crippen LogP contribution in [0.25, 0.3) is 0 Å². The number of aliphatic imine (C=N–C) groups is 1. The number of fused-ring (bicyclic) bond motifs is 11. The molecular formula is C53H52N4OPt. The molecule has 3 aliphatic heterocycles. The number of rotatable bonds is 3. The van der Waals surface area contributed by atoms with Gasteiger partial charge in [-0.3, -0.25) is 0 Å². The summed E-state index contributed by atoms with van der Waals surface area (Å²) >= 11 is 0. The average molecular weight is 956 g/mol. The number of ether oxygens (including phenoxy) is 1. The molecule has 5 aromatic carbocycles. The summed E-state index contributed by atoms with van der Waals surface area (Å²) in [5.41, 5.74) is 17.0. The molecule has 0 unspecified atom stereocenters. The van der Waals surface area contributed by atoms with Crippen LogP contribution in [0.3, 0.4) is 0 Å². The van der Waals surface area contributed by atoms with Crippen LogP contribution in [0.2, 0.25) is 0 Å². The van der Waals surface area contributed by atoms with Gasteiger partial charge in [0.25, 0.3) is 0 Å². The molecule has 0 bridgehead atoms. The van der Waals surface area contributed by atoms with Crippen LogP contribution >= 0.6 is 0 Å². The van der Waals surface area contributed by atoms with Gasteiger partial charge in [-0.1, -0.05) is 126 Å². The summed E-state index contributed by atoms with van der Waals surface area (Å²) in [5, 5.41) is 0. The number of amidine groups is 1. The first-order chi connectivity index (χ1) is 27.5. The minimum absolute atomic E-state index is 0. The number of aryl methyl sites for hydroxylation is 4. The molecule has 0 radical (unpaired) electrons. The zero-order valence-electron chi connectivity index (χ0n) is 36.1. The van der Waals surface area contributed by atoms with Crippen molar-refractivity contribution in [3.8, 4) is 11.5 Å². The van der Waals surface area contributed by atoms with E-state index in [1.807, 2.05) is 12.3 Å². The zero-order chi connectivity index (χ0) is 40.7. The van der Waals surface area contributed by atoms with Gasteiger partial charge in [-0.2, -0.15) is 5.56 Å². The molecule has 6 heteroatoms. The predicted molar refractivity (Wildman–Crippen MR) is 237 cm³/mol. The number of hydrogen-bond donors (Lipinski definition) is 0. The van der Waals surface area contributed by atoms with E-state index in [1.165, 1.54) is 55.8 Å². The molecule has 5 nitrogen and oxygen atoms in total. The normalized spacial score (nSPS) is 20.5. The fourth-order valence-corrected chi connectivity index (χ4v) is 10.5. The Balaban J connectivity index is 0.00000449. The first-order valence-corrected chi connectivity index (χ1v) is 20.8. The van der Waals surface area contributed by atoms with Crippen LogP contribution in [0.1, 0.15) is 115 Å². The topological polar surface area (TPSA) is 41.0 Å². The molecular weight excluding hydrogens is 904 g/mol. The molecule has 2 atom stereocenters. The summed E-state index contributed by atoms with van der Waals surface area (Å²) in [4.78, 5) is 15.6. The molecule has 10 rings (SSSR count). The van der Waals surface area contributed by atoms with Crippen LogP contribution in [0, 0.1) is 39.8 Å². The number of aromatic nitrogens is 1. The van der Waals surface area contributed by atoms with Gasteiger partial charge in [-0.05, 0) is 91.5 Å². The quantitative estimate of drug-likeness (QED) is 0.166. The van der Waals surface area contributed by atoms with Gasteiger partial charge < -0.3 is 19.5 Å². The summed E-state index contributed by atoms with van der Waals surface area (Å²) in [6.45, 7) is 24.9. The van der Waals surface area contributed by atoms with Crippen molar-refractivity contribution < 1.29 is 25.8 Å². The minimum Gasteiger partial charge on any atom is -0.503 e. The van der Waals surface area contributed by atoms with Crippen molar-refractivity contribution in [2.24, 2.45) is 4.99 Å². The smallest absolute Gasteiger partial charge is 0.503 e. The van der Waals surface area contributed by atoms with Crippen LogP contribution in [-0.2, 0) is 50.3 Å². The van der Waals surface area contributed by atoms with E-state index in [0.717, 1.165) is 52.6 Å². The Morgan fingerprint density at radius 1 is 0.729 bits per heavy atom. The Labute approximate surface area is 364 Å². The molecule has 4 heterocycles. The van der Waals surface area contributed by atoms with Gasteiger partial charge >= 0.3 is 21.1 Å². The molecule has 1 aliphatic carbocycles. The number of benzene rings is 5. The second-order valence-electron chi connectivity index (χ2n) is 19.2. The molecule has 0 fully saturated rings. The molecule has 59 heavy (non-hydrogen) atoms. The Morgan fingerprint density at radius 2 is 1.47 bits per heavy atom. The fourth-order valence-electron chi connectivity index (χ4n) is 10.5. The van der Waals surface area contributed by atoms with Crippen molar-refractivity contribution in [3.05, 3.63) is 170 Å². The SMILES string of the molecule is Cc1cc(Oc2[c-]c3c(cc2C)Cc2cc(C)cc(C)c2N2C3=N[C@]3(C)Cc4ccccc4[C@]23C)[c-]c(N2c3ccc(C(C)(C)C)cc3C(C)(C)c3cccnc32)c1.[Pt+2]. The summed E-state index contributed by atoms with van der Waals surface area (Å²) in [5.74, 6) is 3.23. The van der Waals surface area contributed by atoms with E-state index in [-0.39, 0.29) is 43.0 Å². The van der Waals surface area contributed by atoms with Gasteiger partial charge in [0.1, 0.15) is 5.82 Å². The Morgan fingerprint density at radius 3 is 2.25 bits per heavy atom. The average Bonchev–Trinajstić information content (AvgIpc) is 3.45. The maximum Gasteiger partial charge on any atom is 2.00 e. The van der Waals surface area contributed by atoms with Gasteiger partial charge in [-0.25, -0.2) is 4.98 Å². The van der Waals surface area contributed by atoms with Crippen molar-refractivity contribution in [2.45, 2.75) is 111 Å². The van der Waals surface area contributed by atoms with Crippen molar-refractivity contribution in [1.82, 2.24) is 4.98 Å². The standard InChI is InChI=1S/C53H52N4O.Pt/c1-31-21-34(4)47-37(22-31)26-36-25-33(3)46(29-41(36)48-55-52(10)30-35-15-12-13-16-42(35)53(52,11)57(47)48)58-40-24-32(2)23-39(28-40)56-45-19-18-38(50(5,6)7)27-44(45)51(8,9)43-17-14-20-54-49(43)56;/h12-25,27H,26,30H2,1-11H3;/q-2;+2/t52-,53+;/m1./s1. The molecule has 1 aromatic heterocycles. The summed E-state index contributed by atoms with van der Waals surface area (Å²) < 4.78 is 6.95. The van der Waals surface area contributed by atoms with Crippen molar-refractivity contribution in [1.29, 1.82) is 0 Å². The van der Waals surface area contributed by atoms with E-state index in [4.69, 9.17) is 14.7 Å². The van der Waals surface area contributed by atoms with Crippen molar-refractivity contribution in [2.75, 3.05) is 9.80 Å². The summed E-state index contributed by atoms with van der Waals surface area (Å²) in [6, 6.07) is 38.9. The third-order valence-electron chi connectivity index (χ3n) is 13.7. The Bertz CT molecular complexity index is 2780. The molecule has 0 saturated heterocycles.